The number of piperidine rings is 1. The summed E-state index contributed by atoms with van der Waals surface area (Å²) in [4.78, 5) is 78.1. The smallest absolute Gasteiger partial charge is 0.416 e. The van der Waals surface area contributed by atoms with E-state index in [1.165, 1.54) is 50.0 Å². The molecule has 22 nitrogen and oxygen atoms in total. The minimum atomic E-state index is -4.34. The first-order chi connectivity index (χ1) is 57.4. The molecule has 0 saturated carbocycles. The lowest BCUT2D eigenvalue weighted by Gasteiger charge is -2.36. The van der Waals surface area contributed by atoms with Crippen LogP contribution in [0.25, 0.3) is 0 Å². The molecule has 10 N–H and O–H groups in total. The minimum absolute atomic E-state index is 0.0378. The summed E-state index contributed by atoms with van der Waals surface area (Å²) in [6.07, 6.45) is 3.00. The second-order valence-electron chi connectivity index (χ2n) is 30.5. The third-order valence-electron chi connectivity index (χ3n) is 22.8. The van der Waals surface area contributed by atoms with Gasteiger partial charge in [-0.3, -0.25) is 14.6 Å². The van der Waals surface area contributed by atoms with Crippen LogP contribution in [-0.4, -0.2) is 257 Å². The molecule has 0 radical (unpaired) electrons. The predicted octanol–water partition coefficient (Wildman–Crippen LogP) is 14.1. The van der Waals surface area contributed by atoms with Crippen molar-refractivity contribution in [3.05, 3.63) is 192 Å². The van der Waals surface area contributed by atoms with E-state index in [1.54, 1.807) is 65.6 Å². The van der Waals surface area contributed by atoms with Gasteiger partial charge in [0.25, 0.3) is 0 Å². The first kappa shape index (κ1) is 87.4. The maximum Gasteiger partial charge on any atom is 0.416 e. The molecule has 0 atom stereocenters. The number of anilines is 8. The normalized spacial score (nSPS) is 16.9. The number of para-hydroxylation sites is 4. The number of benzene rings is 8. The molecule has 0 aliphatic carbocycles. The molecule has 1 amide bonds. The SMILES string of the molecule is NCC(=O)NCCN1CCN(CCCN2c3ccccc3Sc3ccc(C(=O)O)cc32)CC1.NCCN1CCN(CCCN2c3ccccc3Sc3ccc(C(=O)O)cc32)CC1.O=C(O)c1ccc2c(c1)N(CCCN1CCNCC1)c1ccccc1S2.OCCN1CCC(CCCN2c3ccccc3Sc3ccc(C(F)(F)F)cc32)CC1. The summed E-state index contributed by atoms with van der Waals surface area (Å²) >= 11 is 6.66. The molecule has 8 aliphatic heterocycles. The number of nitrogens with zero attached hydrogens (tertiary/aromatic N) is 10. The van der Waals surface area contributed by atoms with Crippen molar-refractivity contribution in [2.45, 2.75) is 90.3 Å². The van der Waals surface area contributed by atoms with Crippen molar-refractivity contribution in [3.63, 3.8) is 0 Å². The molecular formula is C89H109F3N14O8S4. The van der Waals surface area contributed by atoms with Crippen molar-refractivity contribution in [1.82, 2.24) is 40.0 Å². The zero-order valence-corrected chi connectivity index (χ0v) is 70.1. The van der Waals surface area contributed by atoms with Gasteiger partial charge in [0.05, 0.1) is 80.9 Å². The van der Waals surface area contributed by atoms with Crippen molar-refractivity contribution in [2.24, 2.45) is 17.4 Å². The van der Waals surface area contributed by atoms with Crippen LogP contribution in [0.3, 0.4) is 0 Å². The summed E-state index contributed by atoms with van der Waals surface area (Å²) in [6.45, 7) is 25.3. The highest BCUT2D eigenvalue weighted by molar-refractivity contribution is 8.00. The molecule has 8 heterocycles. The van der Waals surface area contributed by atoms with Gasteiger partial charge in [-0.1, -0.05) is 95.6 Å². The lowest BCUT2D eigenvalue weighted by atomic mass is 9.92. The molecule has 0 unspecified atom stereocenters. The van der Waals surface area contributed by atoms with Crippen LogP contribution in [0.1, 0.15) is 81.6 Å². The minimum Gasteiger partial charge on any atom is -0.478 e. The third-order valence-corrected chi connectivity index (χ3v) is 27.3. The number of likely N-dealkylation sites (tertiary alicyclic amines) is 1. The number of nitrogens with one attached hydrogen (secondary N) is 2. The molecule has 16 rings (SSSR count). The van der Waals surface area contributed by atoms with Crippen LogP contribution in [0.2, 0.25) is 0 Å². The van der Waals surface area contributed by atoms with Gasteiger partial charge in [-0.15, -0.1) is 0 Å². The Kier molecular flexibility index (Phi) is 31.7. The number of aliphatic hydroxyl groups excluding tert-OH is 1. The van der Waals surface area contributed by atoms with Gasteiger partial charge < -0.3 is 81.7 Å². The molecule has 628 valence electrons. The van der Waals surface area contributed by atoms with Crippen LogP contribution in [0.5, 0.6) is 0 Å². The monoisotopic (exact) mass is 1690 g/mol. The largest absolute Gasteiger partial charge is 0.478 e. The number of nitrogens with two attached hydrogens (primary N) is 2. The van der Waals surface area contributed by atoms with Gasteiger partial charge in [-0.05, 0) is 205 Å². The molecule has 8 aromatic rings. The number of hydrogen-bond acceptors (Lipinski definition) is 22. The van der Waals surface area contributed by atoms with Gasteiger partial charge in [0, 0.05) is 177 Å². The first-order valence-electron chi connectivity index (χ1n) is 41.2. The maximum atomic E-state index is 13.3. The van der Waals surface area contributed by atoms with E-state index in [0.717, 1.165) is 255 Å². The second kappa shape index (κ2) is 42.7. The topological polar surface area (TPSA) is 258 Å². The Morgan fingerprint density at radius 1 is 0.390 bits per heavy atom. The van der Waals surface area contributed by atoms with Crippen LogP contribution in [0.15, 0.2) is 209 Å². The lowest BCUT2D eigenvalue weighted by Crippen LogP contribution is -2.49. The first-order valence-corrected chi connectivity index (χ1v) is 44.5. The van der Waals surface area contributed by atoms with Gasteiger partial charge in [0.1, 0.15) is 0 Å². The summed E-state index contributed by atoms with van der Waals surface area (Å²) < 4.78 is 40.0. The van der Waals surface area contributed by atoms with E-state index in [0.29, 0.717) is 41.4 Å². The highest BCUT2D eigenvalue weighted by Crippen LogP contribution is 2.53. The number of alkyl halides is 3. The van der Waals surface area contributed by atoms with Gasteiger partial charge in [0.2, 0.25) is 5.91 Å². The van der Waals surface area contributed by atoms with Gasteiger partial charge >= 0.3 is 24.1 Å². The Morgan fingerprint density at radius 2 is 0.720 bits per heavy atom. The number of aromatic carboxylic acids is 3. The fourth-order valence-electron chi connectivity index (χ4n) is 16.4. The average Bonchev–Trinajstić information content (AvgIpc) is 0.777. The number of fused-ring (bicyclic) bond motifs is 8. The average molecular weight is 1690 g/mol. The Bertz CT molecular complexity index is 4700. The van der Waals surface area contributed by atoms with Crippen LogP contribution < -0.4 is 41.7 Å². The Morgan fingerprint density at radius 3 is 1.08 bits per heavy atom. The number of piperazine rings is 3. The van der Waals surface area contributed by atoms with Crippen molar-refractivity contribution in [3.8, 4) is 0 Å². The van der Waals surface area contributed by atoms with Crippen molar-refractivity contribution in [2.75, 3.05) is 203 Å². The standard InChI is InChI=1S/C24H31N5O3S.C23H27F3N2OS.C22H28N4O2S.C20H23N3O2S/c25-17-23(30)26-8-11-28-14-12-27(13-15-28)9-3-10-29-19-4-1-2-5-21(19)33-22-7-6-18(24(31)32)16-20(22)29;24-23(25,26)18-7-8-22-20(16-18)28(19-5-1-2-6-21(19)30-22)11-3-4-17-9-12-27(13-10-17)14-15-29;23-8-11-25-14-12-24(13-15-25)9-3-10-26-18-4-1-2-5-20(18)29-21-7-6-17(22(27)28)16-19(21)26;24-20(25)15-6-7-19-17(14-15)23(16-4-1-2-5-18(16)26-19)11-3-10-22-12-8-21-9-13-22/h1-2,4-7,16H,3,8-15,17,25H2,(H,26,30)(H,31,32);1-2,5-8,16-17,29H,3-4,9-15H2;1-2,4-7,16H,3,8-15,23H2,(H,27,28);1-2,4-7,14,21H,3,8-13H2,(H,24,25). The quantitative estimate of drug-likeness (QED) is 0.0238. The number of hydrogen-bond donors (Lipinski definition) is 8. The highest BCUT2D eigenvalue weighted by Gasteiger charge is 2.35. The molecule has 4 saturated heterocycles. The van der Waals surface area contributed by atoms with E-state index in [-0.39, 0.29) is 19.1 Å². The zero-order chi connectivity index (χ0) is 82.5. The van der Waals surface area contributed by atoms with Crippen LogP contribution in [-0.2, 0) is 11.0 Å². The van der Waals surface area contributed by atoms with Crippen molar-refractivity contribution < 1.29 is 52.8 Å². The number of carboxylic acid groups (broad SMARTS) is 3. The van der Waals surface area contributed by atoms with Gasteiger partial charge in [-0.2, -0.15) is 13.2 Å². The fourth-order valence-corrected chi connectivity index (χ4v) is 20.7. The number of aliphatic hydroxyl groups is 1. The van der Waals surface area contributed by atoms with Gasteiger partial charge in [-0.25, -0.2) is 14.4 Å². The molecule has 8 aromatic carbocycles. The summed E-state index contributed by atoms with van der Waals surface area (Å²) in [7, 11) is 0. The van der Waals surface area contributed by atoms with E-state index in [1.807, 2.05) is 66.7 Å². The van der Waals surface area contributed by atoms with E-state index in [9.17, 15) is 47.7 Å². The van der Waals surface area contributed by atoms with Crippen molar-refractivity contribution >= 4 is 116 Å². The summed E-state index contributed by atoms with van der Waals surface area (Å²) in [5.41, 5.74) is 19.5. The molecule has 0 spiro atoms. The Balaban J connectivity index is 0.000000137. The van der Waals surface area contributed by atoms with Crippen LogP contribution in [0.4, 0.5) is 58.7 Å². The molecule has 4 fully saturated rings. The molecule has 8 aliphatic rings. The number of β-amino-alcohol motifs (C(OH)–C–C–N with tert-alkyl or cyclic N) is 1. The zero-order valence-electron chi connectivity index (χ0n) is 66.8. The van der Waals surface area contributed by atoms with E-state index in [2.05, 4.69) is 120 Å². The molecule has 118 heavy (non-hydrogen) atoms. The van der Waals surface area contributed by atoms with Crippen LogP contribution in [0, 0.1) is 5.92 Å². The summed E-state index contributed by atoms with van der Waals surface area (Å²) in [5.74, 6) is -2.12. The predicted molar refractivity (Wildman–Crippen MR) is 467 cm³/mol. The van der Waals surface area contributed by atoms with E-state index >= 15 is 0 Å². The van der Waals surface area contributed by atoms with Crippen LogP contribution >= 0.6 is 47.0 Å². The Labute approximate surface area is 707 Å². The van der Waals surface area contributed by atoms with E-state index in [4.69, 9.17) is 16.6 Å². The number of halogens is 3. The molecular weight excluding hydrogens is 1580 g/mol. The third kappa shape index (κ3) is 23.2. The molecule has 29 heteroatoms. The Hall–Kier alpha value is -8.37. The fraction of sp³-hybridized carbons (Fsp3) is 0.416. The second-order valence-corrected chi connectivity index (χ2v) is 34.9. The molecule has 0 bridgehead atoms. The van der Waals surface area contributed by atoms with E-state index < -0.39 is 29.6 Å². The number of amides is 1. The lowest BCUT2D eigenvalue weighted by molar-refractivity contribution is -0.137. The van der Waals surface area contributed by atoms with Gasteiger partial charge in [0.15, 0.2) is 0 Å². The van der Waals surface area contributed by atoms with Crippen molar-refractivity contribution in [1.29, 1.82) is 0 Å². The summed E-state index contributed by atoms with van der Waals surface area (Å²) in [6, 6.07) is 53.4. The maximum absolute atomic E-state index is 13.3. The number of carbonyl (C=O) groups is 4. The number of carboxylic acids is 3. The highest BCUT2D eigenvalue weighted by atomic mass is 32.2. The number of carbonyl (C=O) groups excluding carboxylic acids is 1. The summed E-state index contributed by atoms with van der Waals surface area (Å²) in [5, 5.41) is 43.6. The number of rotatable bonds is 27. The molecule has 0 aromatic heterocycles.